The molecule has 26 heteroatoms. The maximum absolute atomic E-state index is 12.6. The number of hydrogen-bond donors (Lipinski definition) is 11. The quantitative estimate of drug-likeness (QED) is 0.0300. The Morgan fingerprint density at radius 2 is 1.18 bits per heavy atom. The summed E-state index contributed by atoms with van der Waals surface area (Å²) in [7, 11) is 0. The fourth-order valence-electron chi connectivity index (χ4n) is 5.20. The van der Waals surface area contributed by atoms with Crippen LogP contribution in [0.3, 0.4) is 0 Å². The number of hydrogen-bond acceptors (Lipinski definition) is 22. The third kappa shape index (κ3) is 13.2. The molecule has 2 saturated heterocycles. The minimum absolute atomic E-state index is 0. The van der Waals surface area contributed by atoms with Gasteiger partial charge in [-0.05, 0) is 12.1 Å². The average molecular weight is 843 g/mol. The summed E-state index contributed by atoms with van der Waals surface area (Å²) in [6, 6.07) is 6.85. The predicted molar refractivity (Wildman–Crippen MR) is 166 cm³/mol. The van der Waals surface area contributed by atoms with Gasteiger partial charge in [0.25, 0.3) is 0 Å². The minimum atomic E-state index is -3.39. The van der Waals surface area contributed by atoms with Gasteiger partial charge in [-0.15, -0.1) is 0 Å². The van der Waals surface area contributed by atoms with Crippen LogP contribution in [0.1, 0.15) is 38.9 Å². The van der Waals surface area contributed by atoms with Crippen molar-refractivity contribution in [1.82, 2.24) is 0 Å². The van der Waals surface area contributed by atoms with Crippen molar-refractivity contribution in [3.63, 3.8) is 0 Å². The number of carboxylic acids is 2. The van der Waals surface area contributed by atoms with Crippen LogP contribution in [0.15, 0.2) is 30.3 Å². The van der Waals surface area contributed by atoms with Gasteiger partial charge in [-0.3, -0.25) is 19.2 Å². The van der Waals surface area contributed by atoms with Crippen LogP contribution < -0.4 is 59.1 Å². The van der Waals surface area contributed by atoms with Crippen LogP contribution in [0.4, 0.5) is 0 Å². The summed E-state index contributed by atoms with van der Waals surface area (Å²) >= 11 is 0. The topological polar surface area (TPSA) is 397 Å². The van der Waals surface area contributed by atoms with Crippen LogP contribution in [0.5, 0.6) is 0 Å². The van der Waals surface area contributed by atoms with Crippen molar-refractivity contribution in [2.24, 2.45) is 0 Å². The number of rotatable bonds is 17. The number of aliphatic hydroxyl groups is 9. The van der Waals surface area contributed by atoms with E-state index in [1.165, 1.54) is 30.3 Å². The molecular formula is C31H40Na2O24. The van der Waals surface area contributed by atoms with Crippen LogP contribution in [0.25, 0.3) is 0 Å². The number of esters is 5. The SMILES string of the molecule is O=C(CC(O)(CC(=O)OC(=O)CC(O)(CC(=O)OC(=O)c1ccccc1)C(=O)O)C(=O)O)OC[C@H]1O[C@H](O[C@]2(CO)O[C@H](CO)[C@@H](O)[C@@H]2O)[C@H](O)[C@@H](O)[C@@H]1O.[H-].[H-].[Na+].[Na+]. The largest absolute Gasteiger partial charge is 1.00 e. The molecule has 2 unspecified atom stereocenters. The Labute approximate surface area is 367 Å². The zero-order valence-electron chi connectivity index (χ0n) is 32.2. The first-order valence-corrected chi connectivity index (χ1v) is 15.9. The van der Waals surface area contributed by atoms with E-state index in [1.54, 1.807) is 0 Å². The predicted octanol–water partition coefficient (Wildman–Crippen LogP) is -12.0. The third-order valence-corrected chi connectivity index (χ3v) is 8.29. The van der Waals surface area contributed by atoms with E-state index in [1.807, 2.05) is 0 Å². The van der Waals surface area contributed by atoms with Gasteiger partial charge in [-0.2, -0.15) is 0 Å². The molecule has 2 aliphatic rings. The number of aliphatic hydroxyl groups excluding tert-OH is 7. The maximum Gasteiger partial charge on any atom is 1.00 e. The van der Waals surface area contributed by atoms with E-state index in [4.69, 9.17) is 18.9 Å². The monoisotopic (exact) mass is 842 g/mol. The third-order valence-electron chi connectivity index (χ3n) is 8.29. The molecule has 310 valence electrons. The number of carboxylic acid groups (broad SMARTS) is 2. The Bertz CT molecular complexity index is 1610. The number of benzene rings is 1. The van der Waals surface area contributed by atoms with Gasteiger partial charge in [0, 0.05) is 0 Å². The molecule has 0 bridgehead atoms. The Kier molecular flexibility index (Phi) is 20.4. The molecule has 1 aromatic rings. The molecule has 3 rings (SSSR count). The summed E-state index contributed by atoms with van der Waals surface area (Å²) < 4.78 is 29.3. The molecule has 24 nitrogen and oxygen atoms in total. The summed E-state index contributed by atoms with van der Waals surface area (Å²) in [5.41, 5.74) is -6.83. The van der Waals surface area contributed by atoms with Gasteiger partial charge in [0.1, 0.15) is 55.9 Å². The maximum atomic E-state index is 12.6. The van der Waals surface area contributed by atoms with Crippen molar-refractivity contribution >= 4 is 41.8 Å². The molecule has 11 atom stereocenters. The Hall–Kier alpha value is -2.57. The van der Waals surface area contributed by atoms with Crippen LogP contribution in [-0.2, 0) is 57.2 Å². The Morgan fingerprint density at radius 3 is 1.63 bits per heavy atom. The van der Waals surface area contributed by atoms with E-state index >= 15 is 0 Å². The average Bonchev–Trinajstić information content (AvgIpc) is 3.35. The zero-order valence-corrected chi connectivity index (χ0v) is 34.2. The van der Waals surface area contributed by atoms with Gasteiger partial charge in [-0.1, -0.05) is 18.2 Å². The summed E-state index contributed by atoms with van der Waals surface area (Å²) in [5.74, 6) is -15.2. The van der Waals surface area contributed by atoms with Crippen molar-refractivity contribution in [2.75, 3.05) is 19.8 Å². The molecule has 0 aliphatic carbocycles. The summed E-state index contributed by atoms with van der Waals surface area (Å²) in [6.45, 7) is -3.16. The van der Waals surface area contributed by atoms with Crippen LogP contribution in [-0.4, -0.2) is 184 Å². The fraction of sp³-hybridized carbons (Fsp3) is 0.581. The van der Waals surface area contributed by atoms with Gasteiger partial charge < -0.3 is 87.4 Å². The molecule has 1 aromatic carbocycles. The van der Waals surface area contributed by atoms with Gasteiger partial charge in [0.15, 0.2) is 17.5 Å². The molecule has 2 heterocycles. The van der Waals surface area contributed by atoms with Crippen molar-refractivity contribution in [3.8, 4) is 0 Å². The second-order valence-electron chi connectivity index (χ2n) is 12.4. The molecular weight excluding hydrogens is 802 g/mol. The standard InChI is InChI=1S/C31H38O24.2Na.2H/c32-10-14-21(39)24(42)31(12-33,54-14)55-26-23(41)22(40)20(38)15(51-26)11-50-16(34)6-29(48,27(44)45)7-17(35)52-18(36)8-30(49,28(46)47)9-19(37)53-25(43)13-4-2-1-3-5-13;;;;/h1-5,14-15,20-24,26,32-33,38-42,48-49H,6-12H2,(H,44,45)(H,46,47);;;;/q;2*+1;2*-1/t14-,15-,20-,21-,22+,23-,24+,26-,29?,30?,31+;;;;/m1..../s1. The normalized spacial score (nSPS) is 28.9. The first kappa shape index (κ1) is 52.4. The van der Waals surface area contributed by atoms with E-state index < -0.39 is 153 Å². The second-order valence-corrected chi connectivity index (χ2v) is 12.4. The molecule has 0 amide bonds. The van der Waals surface area contributed by atoms with Gasteiger partial charge in [-0.25, -0.2) is 14.4 Å². The smallest absolute Gasteiger partial charge is 1.00 e. The molecule has 0 radical (unpaired) electrons. The number of aliphatic carboxylic acids is 2. The van der Waals surface area contributed by atoms with E-state index in [0.29, 0.717) is 0 Å². The van der Waals surface area contributed by atoms with Gasteiger partial charge >= 0.3 is 101 Å². The van der Waals surface area contributed by atoms with Crippen LogP contribution >= 0.6 is 0 Å². The van der Waals surface area contributed by atoms with Crippen LogP contribution in [0.2, 0.25) is 0 Å². The summed E-state index contributed by atoms with van der Waals surface area (Å²) in [5, 5.41) is 110. The molecule has 0 aromatic heterocycles. The first-order chi connectivity index (χ1) is 25.6. The summed E-state index contributed by atoms with van der Waals surface area (Å²) in [4.78, 5) is 85.0. The van der Waals surface area contributed by atoms with E-state index in [-0.39, 0.29) is 67.5 Å². The molecule has 0 spiro atoms. The Morgan fingerprint density at radius 1 is 0.684 bits per heavy atom. The number of ether oxygens (including phenoxy) is 6. The molecule has 57 heavy (non-hydrogen) atoms. The molecule has 2 aliphatic heterocycles. The minimum Gasteiger partial charge on any atom is -1.00 e. The van der Waals surface area contributed by atoms with Crippen LogP contribution in [0, 0.1) is 0 Å². The van der Waals surface area contributed by atoms with E-state index in [0.717, 1.165) is 0 Å². The Balaban J connectivity index is 0. The molecule has 11 N–H and O–H groups in total. The zero-order chi connectivity index (χ0) is 41.5. The molecule has 2 fully saturated rings. The van der Waals surface area contributed by atoms with Crippen molar-refractivity contribution < 1.29 is 180 Å². The number of carbonyl (C=O) groups excluding carboxylic acids is 5. The number of carbonyl (C=O) groups is 7. The van der Waals surface area contributed by atoms with Gasteiger partial charge in [0.05, 0.1) is 37.9 Å². The fourth-order valence-corrected chi connectivity index (χ4v) is 5.20. The summed E-state index contributed by atoms with van der Waals surface area (Å²) in [6.07, 6.45) is -22.0. The first-order valence-electron chi connectivity index (χ1n) is 15.9. The second kappa shape index (κ2) is 22.2. The van der Waals surface area contributed by atoms with E-state index in [2.05, 4.69) is 9.47 Å². The van der Waals surface area contributed by atoms with Crippen molar-refractivity contribution in [2.45, 2.75) is 91.7 Å². The van der Waals surface area contributed by atoms with Crippen molar-refractivity contribution in [3.05, 3.63) is 35.9 Å². The van der Waals surface area contributed by atoms with Crippen molar-refractivity contribution in [1.29, 1.82) is 0 Å². The van der Waals surface area contributed by atoms with Gasteiger partial charge in [0.2, 0.25) is 5.79 Å². The van der Waals surface area contributed by atoms with E-state index in [9.17, 15) is 89.7 Å². The molecule has 0 saturated carbocycles.